The van der Waals surface area contributed by atoms with E-state index in [9.17, 15) is 8.78 Å². The smallest absolute Gasteiger partial charge is 0.141 e. The second-order valence-corrected chi connectivity index (χ2v) is 3.72. The van der Waals surface area contributed by atoms with Crippen molar-refractivity contribution in [3.8, 4) is 22.6 Å². The number of H-pyrrole nitrogens is 2. The molecule has 4 nitrogen and oxygen atoms in total. The van der Waals surface area contributed by atoms with Crippen LogP contribution in [0.25, 0.3) is 22.6 Å². The molecule has 2 N–H and O–H groups in total. The van der Waals surface area contributed by atoms with E-state index >= 15 is 0 Å². The molecule has 0 saturated heterocycles. The molecule has 0 aliphatic heterocycles. The largest absolute Gasteiger partial charge is 0.345 e. The van der Waals surface area contributed by atoms with Crippen LogP contribution >= 0.6 is 0 Å². The molecule has 0 aliphatic rings. The van der Waals surface area contributed by atoms with Gasteiger partial charge in [-0.1, -0.05) is 0 Å². The van der Waals surface area contributed by atoms with Crippen LogP contribution in [0.1, 0.15) is 0 Å². The van der Waals surface area contributed by atoms with Gasteiger partial charge in [-0.15, -0.1) is 0 Å². The fourth-order valence-electron chi connectivity index (χ4n) is 1.78. The van der Waals surface area contributed by atoms with Gasteiger partial charge in [-0.05, 0) is 12.1 Å². The molecule has 0 fully saturated rings. The lowest BCUT2D eigenvalue weighted by atomic mass is 10.1. The molecule has 0 saturated carbocycles. The van der Waals surface area contributed by atoms with E-state index in [1.807, 2.05) is 0 Å². The summed E-state index contributed by atoms with van der Waals surface area (Å²) in [6, 6.07) is 3.40. The molecule has 0 aliphatic carbocycles. The SMILES string of the molecule is Fc1ccc(-c2[nH]ncc2-c2ncc[nH]2)c(F)c1. The fraction of sp³-hybridized carbons (Fsp3) is 0. The molecule has 3 aromatic rings. The van der Waals surface area contributed by atoms with Gasteiger partial charge in [0, 0.05) is 24.0 Å². The van der Waals surface area contributed by atoms with E-state index in [0.717, 1.165) is 6.07 Å². The lowest BCUT2D eigenvalue weighted by Crippen LogP contribution is -1.89. The van der Waals surface area contributed by atoms with Gasteiger partial charge < -0.3 is 4.98 Å². The Morgan fingerprint density at radius 2 is 2.00 bits per heavy atom. The van der Waals surface area contributed by atoms with Crippen LogP contribution in [0.15, 0.2) is 36.8 Å². The first-order chi connectivity index (χ1) is 8.75. The van der Waals surface area contributed by atoms with E-state index in [2.05, 4.69) is 20.2 Å². The Kier molecular flexibility index (Phi) is 2.40. The Bertz CT molecular complexity index is 673. The van der Waals surface area contributed by atoms with Crippen LogP contribution in [0.2, 0.25) is 0 Å². The number of aromatic nitrogens is 4. The van der Waals surface area contributed by atoms with Crippen LogP contribution in [0.5, 0.6) is 0 Å². The molecule has 0 radical (unpaired) electrons. The van der Waals surface area contributed by atoms with Crippen molar-refractivity contribution in [2.75, 3.05) is 0 Å². The lowest BCUT2D eigenvalue weighted by molar-refractivity contribution is 0.585. The maximum Gasteiger partial charge on any atom is 0.141 e. The predicted molar refractivity (Wildman–Crippen MR) is 61.5 cm³/mol. The van der Waals surface area contributed by atoms with Crippen molar-refractivity contribution in [1.29, 1.82) is 0 Å². The van der Waals surface area contributed by atoms with E-state index in [1.165, 1.54) is 18.3 Å². The van der Waals surface area contributed by atoms with Gasteiger partial charge in [0.05, 0.1) is 17.5 Å². The van der Waals surface area contributed by atoms with Gasteiger partial charge >= 0.3 is 0 Å². The third-order valence-electron chi connectivity index (χ3n) is 2.59. The maximum atomic E-state index is 13.7. The Hall–Kier alpha value is -2.50. The lowest BCUT2D eigenvalue weighted by Gasteiger charge is -2.03. The van der Waals surface area contributed by atoms with E-state index in [4.69, 9.17) is 0 Å². The van der Waals surface area contributed by atoms with Crippen LogP contribution < -0.4 is 0 Å². The maximum absolute atomic E-state index is 13.7. The van der Waals surface area contributed by atoms with Gasteiger partial charge in [-0.3, -0.25) is 5.10 Å². The van der Waals surface area contributed by atoms with E-state index < -0.39 is 11.6 Å². The van der Waals surface area contributed by atoms with Crippen molar-refractivity contribution in [3.05, 3.63) is 48.4 Å². The number of imidazole rings is 1. The van der Waals surface area contributed by atoms with Crippen LogP contribution in [0, 0.1) is 11.6 Å². The summed E-state index contributed by atoms with van der Waals surface area (Å²) in [6.45, 7) is 0. The van der Waals surface area contributed by atoms with Crippen LogP contribution in [-0.2, 0) is 0 Å². The summed E-state index contributed by atoms with van der Waals surface area (Å²) in [4.78, 5) is 6.99. The molecule has 2 aromatic heterocycles. The zero-order valence-corrected chi connectivity index (χ0v) is 9.11. The molecule has 0 atom stereocenters. The molecule has 90 valence electrons. The second-order valence-electron chi connectivity index (χ2n) is 3.72. The normalized spacial score (nSPS) is 10.8. The van der Waals surface area contributed by atoms with Gasteiger partial charge in [-0.25, -0.2) is 13.8 Å². The molecule has 2 heterocycles. The molecule has 1 aromatic carbocycles. The highest BCUT2D eigenvalue weighted by atomic mass is 19.1. The van der Waals surface area contributed by atoms with Gasteiger partial charge in [0.2, 0.25) is 0 Å². The summed E-state index contributed by atoms with van der Waals surface area (Å²) in [5.74, 6) is -0.690. The minimum atomic E-state index is -0.646. The fourth-order valence-corrected chi connectivity index (χ4v) is 1.78. The molecule has 6 heteroatoms. The third-order valence-corrected chi connectivity index (χ3v) is 2.59. The Morgan fingerprint density at radius 1 is 1.11 bits per heavy atom. The van der Waals surface area contributed by atoms with Crippen molar-refractivity contribution in [3.63, 3.8) is 0 Å². The van der Waals surface area contributed by atoms with Crippen molar-refractivity contribution in [2.45, 2.75) is 0 Å². The minimum absolute atomic E-state index is 0.250. The zero-order chi connectivity index (χ0) is 12.5. The van der Waals surface area contributed by atoms with E-state index in [-0.39, 0.29) is 5.56 Å². The summed E-state index contributed by atoms with van der Waals surface area (Å²) >= 11 is 0. The number of benzene rings is 1. The van der Waals surface area contributed by atoms with Gasteiger partial charge in [0.15, 0.2) is 0 Å². The number of nitrogens with one attached hydrogen (secondary N) is 2. The highest BCUT2D eigenvalue weighted by Gasteiger charge is 2.15. The van der Waals surface area contributed by atoms with Crippen LogP contribution in [0.3, 0.4) is 0 Å². The second kappa shape index (κ2) is 4.06. The first-order valence-corrected chi connectivity index (χ1v) is 5.24. The molecular formula is C12H8F2N4. The summed E-state index contributed by atoms with van der Waals surface area (Å²) < 4.78 is 26.6. The summed E-state index contributed by atoms with van der Waals surface area (Å²) in [6.07, 6.45) is 4.79. The Labute approximate surface area is 101 Å². The van der Waals surface area contributed by atoms with Gasteiger partial charge in [0.25, 0.3) is 0 Å². The molecule has 0 spiro atoms. The number of rotatable bonds is 2. The van der Waals surface area contributed by atoms with Crippen molar-refractivity contribution in [1.82, 2.24) is 20.2 Å². The van der Waals surface area contributed by atoms with Gasteiger partial charge in [-0.2, -0.15) is 5.10 Å². The number of hydrogen-bond acceptors (Lipinski definition) is 2. The molecular weight excluding hydrogens is 238 g/mol. The molecule has 18 heavy (non-hydrogen) atoms. The summed E-state index contributed by atoms with van der Waals surface area (Å²) in [5, 5.41) is 6.57. The van der Waals surface area contributed by atoms with Crippen LogP contribution in [0.4, 0.5) is 8.78 Å². The summed E-state index contributed by atoms with van der Waals surface area (Å²) in [7, 11) is 0. The van der Waals surface area contributed by atoms with Crippen molar-refractivity contribution >= 4 is 0 Å². The van der Waals surface area contributed by atoms with Crippen molar-refractivity contribution in [2.24, 2.45) is 0 Å². The number of nitrogens with zero attached hydrogens (tertiary/aromatic N) is 2. The molecule has 3 rings (SSSR count). The van der Waals surface area contributed by atoms with Gasteiger partial charge in [0.1, 0.15) is 17.5 Å². The highest BCUT2D eigenvalue weighted by Crippen LogP contribution is 2.29. The van der Waals surface area contributed by atoms with E-state index in [1.54, 1.807) is 12.4 Å². The highest BCUT2D eigenvalue weighted by molar-refractivity contribution is 5.77. The van der Waals surface area contributed by atoms with E-state index in [0.29, 0.717) is 17.1 Å². The first-order valence-electron chi connectivity index (χ1n) is 5.24. The molecule has 0 bridgehead atoms. The number of halogens is 2. The molecule has 0 amide bonds. The molecule has 0 unspecified atom stereocenters. The Morgan fingerprint density at radius 3 is 2.72 bits per heavy atom. The Balaban J connectivity index is 2.16. The number of hydrogen-bond donors (Lipinski definition) is 2. The quantitative estimate of drug-likeness (QED) is 0.730. The average molecular weight is 246 g/mol. The number of aromatic amines is 2. The first kappa shape index (κ1) is 10.6. The average Bonchev–Trinajstić information content (AvgIpc) is 2.98. The zero-order valence-electron chi connectivity index (χ0n) is 9.11. The minimum Gasteiger partial charge on any atom is -0.345 e. The van der Waals surface area contributed by atoms with Crippen LogP contribution in [-0.4, -0.2) is 20.2 Å². The summed E-state index contributed by atoms with van der Waals surface area (Å²) in [5.41, 5.74) is 1.34. The standard InChI is InChI=1S/C12H8F2N4/c13-7-1-2-8(10(14)5-7)11-9(6-17-18-11)12-15-3-4-16-12/h1-6H,(H,15,16)(H,17,18). The monoisotopic (exact) mass is 246 g/mol. The van der Waals surface area contributed by atoms with Crippen molar-refractivity contribution < 1.29 is 8.78 Å². The predicted octanol–water partition coefficient (Wildman–Crippen LogP) is 2.75. The third kappa shape index (κ3) is 1.67. The topological polar surface area (TPSA) is 57.4 Å².